The Labute approximate surface area is 142 Å². The van der Waals surface area contributed by atoms with Crippen LogP contribution in [0.15, 0.2) is 18.3 Å². The van der Waals surface area contributed by atoms with Crippen molar-refractivity contribution < 1.29 is 14.3 Å². The molecule has 0 spiro atoms. The number of aryl methyl sites for hydroxylation is 1. The standard InChI is InChI=1S/C17H26N4O3/c1-13-3-4-15(19-11-13)20-17(23)14-5-8-21(9-6-14)16(22)12-18-7-10-24-2/h3-4,11,14,18H,5-10,12H2,1-2H3,(H,19,20,23). The monoisotopic (exact) mass is 334 g/mol. The third kappa shape index (κ3) is 5.58. The molecule has 0 bridgehead atoms. The highest BCUT2D eigenvalue weighted by Gasteiger charge is 2.27. The number of likely N-dealkylation sites (tertiary alicyclic amines) is 1. The average Bonchev–Trinajstić information content (AvgIpc) is 2.60. The topological polar surface area (TPSA) is 83.6 Å². The zero-order chi connectivity index (χ0) is 17.4. The van der Waals surface area contributed by atoms with Crippen molar-refractivity contribution in [3.8, 4) is 0 Å². The van der Waals surface area contributed by atoms with Gasteiger partial charge in [0, 0.05) is 38.9 Å². The average molecular weight is 334 g/mol. The first-order chi connectivity index (χ1) is 11.6. The molecule has 0 saturated carbocycles. The summed E-state index contributed by atoms with van der Waals surface area (Å²) in [4.78, 5) is 30.4. The summed E-state index contributed by atoms with van der Waals surface area (Å²) in [5, 5.41) is 5.90. The minimum atomic E-state index is -0.0707. The summed E-state index contributed by atoms with van der Waals surface area (Å²) in [7, 11) is 1.63. The molecule has 132 valence electrons. The highest BCUT2D eigenvalue weighted by atomic mass is 16.5. The molecule has 7 nitrogen and oxygen atoms in total. The summed E-state index contributed by atoms with van der Waals surface area (Å²) >= 11 is 0. The van der Waals surface area contributed by atoms with E-state index in [1.54, 1.807) is 19.4 Å². The van der Waals surface area contributed by atoms with Crippen molar-refractivity contribution in [2.45, 2.75) is 19.8 Å². The van der Waals surface area contributed by atoms with E-state index in [2.05, 4.69) is 15.6 Å². The van der Waals surface area contributed by atoms with Gasteiger partial charge in [0.1, 0.15) is 5.82 Å². The smallest absolute Gasteiger partial charge is 0.236 e. The van der Waals surface area contributed by atoms with Gasteiger partial charge in [-0.1, -0.05) is 6.07 Å². The number of aromatic nitrogens is 1. The van der Waals surface area contributed by atoms with Crippen LogP contribution >= 0.6 is 0 Å². The summed E-state index contributed by atoms with van der Waals surface area (Å²) < 4.78 is 4.93. The molecule has 0 atom stereocenters. The highest BCUT2D eigenvalue weighted by molar-refractivity contribution is 5.91. The van der Waals surface area contributed by atoms with Gasteiger partial charge in [0.25, 0.3) is 0 Å². The minimum Gasteiger partial charge on any atom is -0.383 e. The molecule has 0 unspecified atom stereocenters. The van der Waals surface area contributed by atoms with Gasteiger partial charge in [0.2, 0.25) is 11.8 Å². The zero-order valence-corrected chi connectivity index (χ0v) is 14.4. The highest BCUT2D eigenvalue weighted by Crippen LogP contribution is 2.19. The van der Waals surface area contributed by atoms with E-state index >= 15 is 0 Å². The van der Waals surface area contributed by atoms with Crippen molar-refractivity contribution in [3.05, 3.63) is 23.9 Å². The molecule has 2 rings (SSSR count). The molecular formula is C17H26N4O3. The molecule has 1 saturated heterocycles. The maximum absolute atomic E-state index is 12.3. The van der Waals surface area contributed by atoms with E-state index in [1.807, 2.05) is 17.9 Å². The second-order valence-electron chi connectivity index (χ2n) is 6.03. The molecule has 0 radical (unpaired) electrons. The Morgan fingerprint density at radius 2 is 2.08 bits per heavy atom. The Bertz CT molecular complexity index is 539. The Hall–Kier alpha value is -1.99. The Balaban J connectivity index is 1.72. The van der Waals surface area contributed by atoms with E-state index in [-0.39, 0.29) is 17.7 Å². The van der Waals surface area contributed by atoms with Crippen LogP contribution in [0.5, 0.6) is 0 Å². The number of ether oxygens (including phenoxy) is 1. The van der Waals surface area contributed by atoms with Crippen molar-refractivity contribution in [1.29, 1.82) is 0 Å². The number of hydrogen-bond donors (Lipinski definition) is 2. The lowest BCUT2D eigenvalue weighted by Gasteiger charge is -2.31. The summed E-state index contributed by atoms with van der Waals surface area (Å²) in [5.41, 5.74) is 1.05. The molecule has 1 aliphatic heterocycles. The van der Waals surface area contributed by atoms with Crippen LogP contribution in [0, 0.1) is 12.8 Å². The summed E-state index contributed by atoms with van der Waals surface area (Å²) in [6.45, 7) is 4.74. The zero-order valence-electron chi connectivity index (χ0n) is 14.4. The van der Waals surface area contributed by atoms with Gasteiger partial charge in [-0.2, -0.15) is 0 Å². The summed E-state index contributed by atoms with van der Waals surface area (Å²) in [5.74, 6) is 0.562. The second-order valence-corrected chi connectivity index (χ2v) is 6.03. The summed E-state index contributed by atoms with van der Waals surface area (Å²) in [6.07, 6.45) is 3.09. The number of amides is 2. The minimum absolute atomic E-state index is 0.0170. The number of methoxy groups -OCH3 is 1. The molecule has 2 heterocycles. The maximum Gasteiger partial charge on any atom is 0.236 e. The Morgan fingerprint density at radius 1 is 1.33 bits per heavy atom. The fourth-order valence-electron chi connectivity index (χ4n) is 2.64. The molecule has 2 amide bonds. The largest absolute Gasteiger partial charge is 0.383 e. The van der Waals surface area contributed by atoms with Crippen molar-refractivity contribution in [2.75, 3.05) is 45.2 Å². The fraction of sp³-hybridized carbons (Fsp3) is 0.588. The van der Waals surface area contributed by atoms with Crippen LogP contribution in [0.1, 0.15) is 18.4 Å². The number of nitrogens with zero attached hydrogens (tertiary/aromatic N) is 2. The van der Waals surface area contributed by atoms with E-state index in [4.69, 9.17) is 4.74 Å². The van der Waals surface area contributed by atoms with Gasteiger partial charge >= 0.3 is 0 Å². The van der Waals surface area contributed by atoms with Crippen molar-refractivity contribution in [3.63, 3.8) is 0 Å². The number of hydrogen-bond acceptors (Lipinski definition) is 5. The van der Waals surface area contributed by atoms with Crippen LogP contribution in [0.3, 0.4) is 0 Å². The van der Waals surface area contributed by atoms with E-state index < -0.39 is 0 Å². The van der Waals surface area contributed by atoms with Crippen molar-refractivity contribution >= 4 is 17.6 Å². The predicted molar refractivity (Wildman–Crippen MR) is 91.7 cm³/mol. The molecule has 0 aliphatic carbocycles. The van der Waals surface area contributed by atoms with E-state index in [9.17, 15) is 9.59 Å². The lowest BCUT2D eigenvalue weighted by atomic mass is 9.96. The SMILES string of the molecule is COCCNCC(=O)N1CCC(C(=O)Nc2ccc(C)cn2)CC1. The number of carbonyl (C=O) groups is 2. The van der Waals surface area contributed by atoms with Gasteiger partial charge in [-0.15, -0.1) is 0 Å². The van der Waals surface area contributed by atoms with Gasteiger partial charge in [-0.25, -0.2) is 4.98 Å². The Kier molecular flexibility index (Phi) is 7.14. The van der Waals surface area contributed by atoms with Crippen molar-refractivity contribution in [1.82, 2.24) is 15.2 Å². The second kappa shape index (κ2) is 9.34. The fourth-order valence-corrected chi connectivity index (χ4v) is 2.64. The van der Waals surface area contributed by atoms with Crippen molar-refractivity contribution in [2.24, 2.45) is 5.92 Å². The number of piperidine rings is 1. The molecule has 1 fully saturated rings. The lowest BCUT2D eigenvalue weighted by Crippen LogP contribution is -2.45. The quantitative estimate of drug-likeness (QED) is 0.721. The van der Waals surface area contributed by atoms with Gasteiger partial charge in [0.05, 0.1) is 13.2 Å². The van der Waals surface area contributed by atoms with Gasteiger partial charge in [-0.05, 0) is 31.4 Å². The normalized spacial score (nSPS) is 15.3. The van der Waals surface area contributed by atoms with E-state index in [0.29, 0.717) is 51.4 Å². The van der Waals surface area contributed by atoms with Crippen LogP contribution in [0.25, 0.3) is 0 Å². The number of pyridine rings is 1. The van der Waals surface area contributed by atoms with Gasteiger partial charge in [0.15, 0.2) is 0 Å². The lowest BCUT2D eigenvalue weighted by molar-refractivity contribution is -0.133. The number of nitrogens with one attached hydrogen (secondary N) is 2. The molecule has 7 heteroatoms. The van der Waals surface area contributed by atoms with E-state index in [1.165, 1.54) is 0 Å². The molecular weight excluding hydrogens is 308 g/mol. The van der Waals surface area contributed by atoms with Gasteiger partial charge < -0.3 is 20.3 Å². The molecule has 2 N–H and O–H groups in total. The molecule has 1 aromatic rings. The van der Waals surface area contributed by atoms with Crippen LogP contribution < -0.4 is 10.6 Å². The number of carbonyl (C=O) groups excluding carboxylic acids is 2. The summed E-state index contributed by atoms with van der Waals surface area (Å²) in [6, 6.07) is 3.72. The number of rotatable bonds is 7. The first-order valence-corrected chi connectivity index (χ1v) is 8.31. The molecule has 0 aromatic carbocycles. The third-order valence-corrected chi connectivity index (χ3v) is 4.14. The number of anilines is 1. The molecule has 1 aromatic heterocycles. The Morgan fingerprint density at radius 3 is 2.71 bits per heavy atom. The van der Waals surface area contributed by atoms with Crippen LogP contribution in [0.2, 0.25) is 0 Å². The third-order valence-electron chi connectivity index (χ3n) is 4.14. The molecule has 24 heavy (non-hydrogen) atoms. The predicted octanol–water partition coefficient (Wildman–Crippen LogP) is 0.803. The van der Waals surface area contributed by atoms with Crippen LogP contribution in [0.4, 0.5) is 5.82 Å². The van der Waals surface area contributed by atoms with Crippen LogP contribution in [-0.4, -0.2) is 61.6 Å². The maximum atomic E-state index is 12.3. The first kappa shape index (κ1) is 18.4. The van der Waals surface area contributed by atoms with Crippen LogP contribution in [-0.2, 0) is 14.3 Å². The first-order valence-electron chi connectivity index (χ1n) is 8.31. The van der Waals surface area contributed by atoms with E-state index in [0.717, 1.165) is 5.56 Å². The molecule has 1 aliphatic rings. The van der Waals surface area contributed by atoms with Gasteiger partial charge in [-0.3, -0.25) is 9.59 Å².